The fourth-order valence-electron chi connectivity index (χ4n) is 3.83. The van der Waals surface area contributed by atoms with E-state index in [1.54, 1.807) is 0 Å². The van der Waals surface area contributed by atoms with Gasteiger partial charge < -0.3 is 9.84 Å². The zero-order valence-electron chi connectivity index (χ0n) is 12.2. The Labute approximate surface area is 114 Å². The summed E-state index contributed by atoms with van der Waals surface area (Å²) in [7, 11) is 0. The Morgan fingerprint density at radius 2 is 2.00 bits per heavy atom. The minimum absolute atomic E-state index is 0.0625. The molecule has 1 N–H and O–H groups in total. The minimum Gasteiger partial charge on any atom is -0.481 e. The van der Waals surface area contributed by atoms with Crippen molar-refractivity contribution < 1.29 is 19.4 Å². The molecule has 0 aromatic rings. The SMILES string of the molecule is CC(C)(C)O[C@H]1CC[C@@H]2C(C(=O)O)C(=O)CC[C@]12C. The summed E-state index contributed by atoms with van der Waals surface area (Å²) < 4.78 is 6.13. The van der Waals surface area contributed by atoms with Gasteiger partial charge in [-0.15, -0.1) is 0 Å². The standard InChI is InChI=1S/C15H24O4/c1-14(2,3)19-11-6-5-9-12(13(17)18)10(16)7-8-15(9,11)4/h9,11-12H,5-8H2,1-4H3,(H,17,18)/t9-,11+,12?,15+/m1/s1. The van der Waals surface area contributed by atoms with Crippen LogP contribution in [-0.4, -0.2) is 28.6 Å². The van der Waals surface area contributed by atoms with Gasteiger partial charge in [-0.2, -0.15) is 0 Å². The van der Waals surface area contributed by atoms with E-state index in [0.29, 0.717) is 6.42 Å². The van der Waals surface area contributed by atoms with Crippen LogP contribution in [-0.2, 0) is 14.3 Å². The number of carbonyl (C=O) groups is 2. The maximum Gasteiger partial charge on any atom is 0.314 e. The molecular weight excluding hydrogens is 244 g/mol. The fourth-order valence-corrected chi connectivity index (χ4v) is 3.83. The molecule has 0 bridgehead atoms. The second-order valence-corrected chi connectivity index (χ2v) is 7.19. The normalized spacial score (nSPS) is 39.2. The Hall–Kier alpha value is -0.900. The van der Waals surface area contributed by atoms with Gasteiger partial charge in [0.25, 0.3) is 0 Å². The van der Waals surface area contributed by atoms with E-state index in [1.165, 1.54) is 0 Å². The van der Waals surface area contributed by atoms with Gasteiger partial charge in [-0.25, -0.2) is 0 Å². The Morgan fingerprint density at radius 3 is 2.53 bits per heavy atom. The molecule has 4 nitrogen and oxygen atoms in total. The molecule has 0 heterocycles. The summed E-state index contributed by atoms with van der Waals surface area (Å²) in [5, 5.41) is 9.33. The van der Waals surface area contributed by atoms with Gasteiger partial charge >= 0.3 is 5.97 Å². The highest BCUT2D eigenvalue weighted by molar-refractivity contribution is 5.99. The zero-order chi connectivity index (χ0) is 14.4. The molecule has 2 saturated carbocycles. The molecule has 0 spiro atoms. The van der Waals surface area contributed by atoms with Gasteiger partial charge in [-0.05, 0) is 51.4 Å². The van der Waals surface area contributed by atoms with Gasteiger partial charge in [0.15, 0.2) is 0 Å². The van der Waals surface area contributed by atoms with Gasteiger partial charge in [0.1, 0.15) is 11.7 Å². The average Bonchev–Trinajstić information content (AvgIpc) is 2.54. The van der Waals surface area contributed by atoms with Crippen LogP contribution in [0.1, 0.15) is 53.4 Å². The quantitative estimate of drug-likeness (QED) is 0.782. The first-order chi connectivity index (χ1) is 8.65. The van der Waals surface area contributed by atoms with Crippen molar-refractivity contribution in [3.63, 3.8) is 0 Å². The fraction of sp³-hybridized carbons (Fsp3) is 0.867. The molecule has 4 atom stereocenters. The van der Waals surface area contributed by atoms with Crippen molar-refractivity contribution >= 4 is 11.8 Å². The summed E-state index contributed by atoms with van der Waals surface area (Å²) in [6.07, 6.45) is 2.82. The molecule has 0 aromatic carbocycles. The van der Waals surface area contributed by atoms with Gasteiger partial charge in [-0.1, -0.05) is 6.92 Å². The molecule has 0 aromatic heterocycles. The van der Waals surface area contributed by atoms with Crippen LogP contribution in [0.15, 0.2) is 0 Å². The lowest BCUT2D eigenvalue weighted by Crippen LogP contribution is -2.48. The van der Waals surface area contributed by atoms with Crippen LogP contribution in [0.5, 0.6) is 0 Å². The number of carboxylic acids is 1. The Bertz CT molecular complexity index is 395. The Morgan fingerprint density at radius 1 is 1.37 bits per heavy atom. The summed E-state index contributed by atoms with van der Waals surface area (Å²) in [5.74, 6) is -1.96. The van der Waals surface area contributed by atoms with Crippen molar-refractivity contribution in [3.05, 3.63) is 0 Å². The molecule has 2 rings (SSSR count). The third-order valence-corrected chi connectivity index (χ3v) is 4.74. The number of hydrogen-bond donors (Lipinski definition) is 1. The van der Waals surface area contributed by atoms with Crippen LogP contribution in [0, 0.1) is 17.3 Å². The van der Waals surface area contributed by atoms with E-state index >= 15 is 0 Å². The smallest absolute Gasteiger partial charge is 0.314 e. The minimum atomic E-state index is -0.961. The van der Waals surface area contributed by atoms with Crippen LogP contribution in [0.3, 0.4) is 0 Å². The molecule has 2 fully saturated rings. The van der Waals surface area contributed by atoms with Gasteiger partial charge in [0.05, 0.1) is 11.7 Å². The zero-order valence-corrected chi connectivity index (χ0v) is 12.2. The highest BCUT2D eigenvalue weighted by Gasteiger charge is 2.57. The lowest BCUT2D eigenvalue weighted by atomic mass is 9.63. The van der Waals surface area contributed by atoms with Crippen LogP contribution < -0.4 is 0 Å². The lowest BCUT2D eigenvalue weighted by molar-refractivity contribution is -0.160. The van der Waals surface area contributed by atoms with Crippen LogP contribution >= 0.6 is 0 Å². The number of carboxylic acid groups (broad SMARTS) is 1. The van der Waals surface area contributed by atoms with Crippen LogP contribution in [0.25, 0.3) is 0 Å². The number of aliphatic carboxylic acids is 1. The van der Waals surface area contributed by atoms with Crippen molar-refractivity contribution in [2.75, 3.05) is 0 Å². The Balaban J connectivity index is 2.25. The average molecular weight is 268 g/mol. The Kier molecular flexibility index (Phi) is 3.50. The molecular formula is C15H24O4. The second kappa shape index (κ2) is 4.58. The number of ketones is 1. The number of ether oxygens (including phenoxy) is 1. The summed E-state index contributed by atoms with van der Waals surface area (Å²) >= 11 is 0. The molecule has 0 saturated heterocycles. The summed E-state index contributed by atoms with van der Waals surface area (Å²) in [5.41, 5.74) is -0.410. The van der Waals surface area contributed by atoms with E-state index in [1.807, 2.05) is 20.8 Å². The van der Waals surface area contributed by atoms with E-state index in [2.05, 4.69) is 6.92 Å². The first kappa shape index (κ1) is 14.5. The third kappa shape index (κ3) is 2.55. The van der Waals surface area contributed by atoms with Crippen LogP contribution in [0.2, 0.25) is 0 Å². The molecule has 19 heavy (non-hydrogen) atoms. The summed E-state index contributed by atoms with van der Waals surface area (Å²) in [6.45, 7) is 8.16. The third-order valence-electron chi connectivity index (χ3n) is 4.74. The number of Topliss-reactive ketones (excluding diaryl/α,β-unsaturated/α-hetero) is 1. The van der Waals surface area contributed by atoms with Crippen molar-refractivity contribution in [2.24, 2.45) is 17.3 Å². The largest absolute Gasteiger partial charge is 0.481 e. The van der Waals surface area contributed by atoms with E-state index < -0.39 is 11.9 Å². The molecule has 0 radical (unpaired) electrons. The van der Waals surface area contributed by atoms with Crippen LogP contribution in [0.4, 0.5) is 0 Å². The van der Waals surface area contributed by atoms with Crippen molar-refractivity contribution in [3.8, 4) is 0 Å². The first-order valence-corrected chi connectivity index (χ1v) is 7.08. The molecule has 108 valence electrons. The van der Waals surface area contributed by atoms with E-state index in [0.717, 1.165) is 19.3 Å². The van der Waals surface area contributed by atoms with E-state index in [4.69, 9.17) is 4.74 Å². The van der Waals surface area contributed by atoms with Gasteiger partial charge in [0, 0.05) is 6.42 Å². The molecule has 0 amide bonds. The number of fused-ring (bicyclic) bond motifs is 1. The van der Waals surface area contributed by atoms with Crippen molar-refractivity contribution in [1.82, 2.24) is 0 Å². The maximum absolute atomic E-state index is 11.9. The molecule has 2 aliphatic rings. The maximum atomic E-state index is 11.9. The van der Waals surface area contributed by atoms with Gasteiger partial charge in [0.2, 0.25) is 0 Å². The number of rotatable bonds is 2. The molecule has 1 unspecified atom stereocenters. The second-order valence-electron chi connectivity index (χ2n) is 7.19. The van der Waals surface area contributed by atoms with E-state index in [-0.39, 0.29) is 28.8 Å². The molecule has 4 heteroatoms. The van der Waals surface area contributed by atoms with Crippen molar-refractivity contribution in [1.29, 1.82) is 0 Å². The van der Waals surface area contributed by atoms with Gasteiger partial charge in [-0.3, -0.25) is 9.59 Å². The summed E-state index contributed by atoms with van der Waals surface area (Å²) in [4.78, 5) is 23.3. The monoisotopic (exact) mass is 268 g/mol. The molecule has 2 aliphatic carbocycles. The highest BCUT2D eigenvalue weighted by Crippen LogP contribution is 2.55. The van der Waals surface area contributed by atoms with Crippen molar-refractivity contribution in [2.45, 2.75) is 65.1 Å². The number of carbonyl (C=O) groups excluding carboxylic acids is 1. The predicted octanol–water partition coefficient (Wildman–Crippen LogP) is 2.65. The number of hydrogen-bond acceptors (Lipinski definition) is 3. The first-order valence-electron chi connectivity index (χ1n) is 7.08. The predicted molar refractivity (Wildman–Crippen MR) is 70.8 cm³/mol. The highest BCUT2D eigenvalue weighted by atomic mass is 16.5. The summed E-state index contributed by atoms with van der Waals surface area (Å²) in [6, 6.07) is 0. The lowest BCUT2D eigenvalue weighted by Gasteiger charge is -2.44. The topological polar surface area (TPSA) is 63.6 Å². The van der Waals surface area contributed by atoms with E-state index in [9.17, 15) is 14.7 Å². The molecule has 0 aliphatic heterocycles.